The molecule has 0 fully saturated rings. The number of quaternary nitrogens is 1. The second-order valence-electron chi connectivity index (χ2n) is 11.3. The summed E-state index contributed by atoms with van der Waals surface area (Å²) in [5.41, 5.74) is 0. The van der Waals surface area contributed by atoms with Crippen molar-refractivity contribution in [2.24, 2.45) is 0 Å². The van der Waals surface area contributed by atoms with Crippen LogP contribution in [0.4, 0.5) is 0 Å². The SMILES string of the molecule is CCCCCCCCCC(=O)O[N+](CCC)(OC(=O)CCCCCCCCC)OC(=O)CCCCCCCCC. The summed E-state index contributed by atoms with van der Waals surface area (Å²) in [5, 5.41) is 0. The molecule has 0 saturated heterocycles. The van der Waals surface area contributed by atoms with Gasteiger partial charge in [0.1, 0.15) is 0 Å². The van der Waals surface area contributed by atoms with Crippen molar-refractivity contribution in [2.45, 2.75) is 188 Å². The quantitative estimate of drug-likeness (QED) is 0.0506. The summed E-state index contributed by atoms with van der Waals surface area (Å²) in [5.74, 6) is -1.52. The summed E-state index contributed by atoms with van der Waals surface area (Å²) in [4.78, 5) is 54.1. The standard InChI is InChI=1S/C33H64NO6/c1-5-9-12-15-18-21-24-27-31(35)38-34(30-8-4,39-32(36)28-25-22-19-16-13-10-6-2)40-33(37)29-26-23-20-17-14-11-7-3/h5-30H2,1-4H3/q+1. The molecule has 7 nitrogen and oxygen atoms in total. The van der Waals surface area contributed by atoms with Crippen molar-refractivity contribution in [3.05, 3.63) is 0 Å². The van der Waals surface area contributed by atoms with Crippen LogP contribution in [0, 0.1) is 0 Å². The Hall–Kier alpha value is -1.63. The third-order valence-corrected chi connectivity index (χ3v) is 7.17. The normalized spacial score (nSPS) is 11.4. The number of carbonyl (C=O) groups is 3. The minimum Gasteiger partial charge on any atom is -0.245 e. The van der Waals surface area contributed by atoms with Crippen LogP contribution in [0.15, 0.2) is 0 Å². The molecule has 0 bridgehead atoms. The van der Waals surface area contributed by atoms with Crippen molar-refractivity contribution in [3.8, 4) is 0 Å². The minimum atomic E-state index is -1.13. The van der Waals surface area contributed by atoms with Gasteiger partial charge in [0.2, 0.25) is 11.5 Å². The largest absolute Gasteiger partial charge is 0.378 e. The Morgan fingerprint density at radius 3 is 0.875 bits per heavy atom. The van der Waals surface area contributed by atoms with E-state index < -0.39 is 22.9 Å². The summed E-state index contributed by atoms with van der Waals surface area (Å²) in [6.45, 7) is 8.54. The van der Waals surface area contributed by atoms with E-state index in [2.05, 4.69) is 20.8 Å². The van der Waals surface area contributed by atoms with Crippen LogP contribution < -0.4 is 0 Å². The number of hydrogen-bond donors (Lipinski definition) is 0. The van der Waals surface area contributed by atoms with Gasteiger partial charge >= 0.3 is 17.9 Å². The van der Waals surface area contributed by atoms with Crippen LogP contribution in [0.3, 0.4) is 0 Å². The van der Waals surface area contributed by atoms with Gasteiger partial charge in [-0.05, 0) is 19.3 Å². The fourth-order valence-corrected chi connectivity index (χ4v) is 4.75. The second kappa shape index (κ2) is 27.5. The van der Waals surface area contributed by atoms with Crippen LogP contribution in [0.2, 0.25) is 0 Å². The maximum Gasteiger partial charge on any atom is 0.378 e. The van der Waals surface area contributed by atoms with E-state index in [0.29, 0.717) is 25.7 Å². The van der Waals surface area contributed by atoms with Crippen molar-refractivity contribution < 1.29 is 33.9 Å². The van der Waals surface area contributed by atoms with Gasteiger partial charge in [-0.1, -0.05) is 143 Å². The first-order chi connectivity index (χ1) is 19.4. The van der Waals surface area contributed by atoms with E-state index in [1.54, 1.807) is 0 Å². The summed E-state index contributed by atoms with van der Waals surface area (Å²) in [7, 11) is 0. The Labute approximate surface area is 246 Å². The molecule has 0 N–H and O–H groups in total. The zero-order chi connectivity index (χ0) is 29.7. The number of hydrogen-bond acceptors (Lipinski definition) is 6. The maximum atomic E-state index is 12.8. The molecule has 0 unspecified atom stereocenters. The fourth-order valence-electron chi connectivity index (χ4n) is 4.75. The summed E-state index contributed by atoms with van der Waals surface area (Å²) < 4.78 is 0. The fraction of sp³-hybridized carbons (Fsp3) is 0.909. The molecule has 7 heteroatoms. The molecule has 0 aromatic carbocycles. The number of rotatable bonds is 29. The van der Waals surface area contributed by atoms with Crippen LogP contribution >= 0.6 is 0 Å². The highest BCUT2D eigenvalue weighted by Crippen LogP contribution is 2.20. The maximum absolute atomic E-state index is 12.8. The summed E-state index contributed by atoms with van der Waals surface area (Å²) in [6.07, 6.45) is 23.9. The molecule has 0 atom stereocenters. The van der Waals surface area contributed by atoms with Gasteiger partial charge in [0.05, 0.1) is 19.3 Å². The third kappa shape index (κ3) is 23.1. The molecule has 40 heavy (non-hydrogen) atoms. The van der Waals surface area contributed by atoms with Crippen molar-refractivity contribution >= 4 is 17.9 Å². The predicted octanol–water partition coefficient (Wildman–Crippen LogP) is 10.0. The van der Waals surface area contributed by atoms with Crippen LogP contribution in [0.1, 0.15) is 188 Å². The lowest BCUT2D eigenvalue weighted by Gasteiger charge is -2.26. The molecular formula is C33H64NO6+. The van der Waals surface area contributed by atoms with E-state index >= 15 is 0 Å². The van der Waals surface area contributed by atoms with Gasteiger partial charge in [0.25, 0.3) is 0 Å². The molecule has 0 spiro atoms. The van der Waals surface area contributed by atoms with E-state index in [1.165, 1.54) is 77.0 Å². The van der Waals surface area contributed by atoms with Crippen molar-refractivity contribution in [3.63, 3.8) is 0 Å². The topological polar surface area (TPSA) is 78.9 Å². The Balaban J connectivity index is 4.94. The van der Waals surface area contributed by atoms with Gasteiger partial charge in [0, 0.05) is 6.42 Å². The highest BCUT2D eigenvalue weighted by molar-refractivity contribution is 5.70. The molecule has 0 aliphatic heterocycles. The first-order valence-electron chi connectivity index (χ1n) is 17.0. The van der Waals surface area contributed by atoms with Crippen LogP contribution in [-0.4, -0.2) is 29.4 Å². The molecule has 0 aliphatic rings. The Morgan fingerprint density at radius 1 is 0.375 bits per heavy atom. The van der Waals surface area contributed by atoms with Crippen LogP contribution in [0.5, 0.6) is 0 Å². The number of hydroxylamine groups is 3. The van der Waals surface area contributed by atoms with E-state index in [9.17, 15) is 14.4 Å². The van der Waals surface area contributed by atoms with Crippen LogP contribution in [0.25, 0.3) is 0 Å². The number of unbranched alkanes of at least 4 members (excludes halogenated alkanes) is 18. The number of carbonyl (C=O) groups excluding carboxylic acids is 3. The van der Waals surface area contributed by atoms with Gasteiger partial charge in [-0.3, -0.25) is 0 Å². The molecule has 0 amide bonds. The first-order valence-corrected chi connectivity index (χ1v) is 17.0. The molecule has 0 heterocycles. The lowest BCUT2D eigenvalue weighted by molar-refractivity contribution is -1.34. The first kappa shape index (κ1) is 38.4. The zero-order valence-electron chi connectivity index (χ0n) is 26.8. The minimum absolute atomic E-state index is 0.0777. The van der Waals surface area contributed by atoms with Crippen LogP contribution in [-0.2, 0) is 28.9 Å². The molecule has 0 aromatic heterocycles. The highest BCUT2D eigenvalue weighted by atomic mass is 17.2. The Kier molecular flexibility index (Phi) is 26.4. The van der Waals surface area contributed by atoms with Gasteiger partial charge < -0.3 is 0 Å². The monoisotopic (exact) mass is 570 g/mol. The smallest absolute Gasteiger partial charge is 0.245 e. The second-order valence-corrected chi connectivity index (χ2v) is 11.3. The summed E-state index contributed by atoms with van der Waals surface area (Å²) >= 11 is 0. The Bertz CT molecular complexity index is 545. The van der Waals surface area contributed by atoms with E-state index in [4.69, 9.17) is 14.5 Å². The molecule has 0 rings (SSSR count). The van der Waals surface area contributed by atoms with E-state index in [1.807, 2.05) is 6.92 Å². The van der Waals surface area contributed by atoms with Gasteiger partial charge in [-0.25, -0.2) is 14.4 Å². The average Bonchev–Trinajstić information content (AvgIpc) is 2.91. The van der Waals surface area contributed by atoms with Crippen molar-refractivity contribution in [2.75, 3.05) is 6.54 Å². The Morgan fingerprint density at radius 2 is 0.625 bits per heavy atom. The lowest BCUT2D eigenvalue weighted by atomic mass is 10.1. The number of nitrogens with zero attached hydrogens (tertiary/aromatic N) is 1. The van der Waals surface area contributed by atoms with Gasteiger partial charge in [0.15, 0.2) is 0 Å². The van der Waals surface area contributed by atoms with Gasteiger partial charge in [-0.15, -0.1) is 0 Å². The molecule has 0 aliphatic carbocycles. The third-order valence-electron chi connectivity index (χ3n) is 7.17. The van der Waals surface area contributed by atoms with E-state index in [0.717, 1.165) is 38.5 Å². The molecule has 0 aromatic rings. The average molecular weight is 571 g/mol. The predicted molar refractivity (Wildman–Crippen MR) is 162 cm³/mol. The zero-order valence-corrected chi connectivity index (χ0v) is 26.8. The molecule has 236 valence electrons. The summed E-state index contributed by atoms with van der Waals surface area (Å²) in [6, 6.07) is 0. The molecule has 0 radical (unpaired) electrons. The van der Waals surface area contributed by atoms with Crippen molar-refractivity contribution in [1.82, 2.24) is 0 Å². The lowest BCUT2D eigenvalue weighted by Crippen LogP contribution is -2.52. The highest BCUT2D eigenvalue weighted by Gasteiger charge is 2.44. The molecular weight excluding hydrogens is 506 g/mol. The van der Waals surface area contributed by atoms with E-state index in [-0.39, 0.29) is 25.8 Å². The van der Waals surface area contributed by atoms with Crippen molar-refractivity contribution in [1.29, 1.82) is 0 Å². The van der Waals surface area contributed by atoms with Gasteiger partial charge in [-0.2, -0.15) is 14.5 Å². The molecule has 0 saturated carbocycles.